The van der Waals surface area contributed by atoms with Gasteiger partial charge < -0.3 is 29.1 Å². The largest absolute Gasteiger partial charge is 0.493 e. The van der Waals surface area contributed by atoms with Gasteiger partial charge in [0.15, 0.2) is 17.3 Å². The minimum absolute atomic E-state index is 0.0792. The highest BCUT2D eigenvalue weighted by molar-refractivity contribution is 6.12. The van der Waals surface area contributed by atoms with E-state index in [2.05, 4.69) is 9.97 Å². The van der Waals surface area contributed by atoms with Crippen LogP contribution in [0.4, 0.5) is 0 Å². The third-order valence-electron chi connectivity index (χ3n) is 7.65. The summed E-state index contributed by atoms with van der Waals surface area (Å²) in [5, 5.41) is 0.734. The lowest BCUT2D eigenvalue weighted by Gasteiger charge is -2.28. The normalized spacial score (nSPS) is 21.9. The van der Waals surface area contributed by atoms with E-state index in [0.29, 0.717) is 57.7 Å². The molecular weight excluding hydrogens is 450 g/mol. The highest BCUT2D eigenvalue weighted by Crippen LogP contribution is 2.67. The van der Waals surface area contributed by atoms with Gasteiger partial charge in [0.25, 0.3) is 5.91 Å². The van der Waals surface area contributed by atoms with Crippen LogP contribution >= 0.6 is 0 Å². The molecule has 9 nitrogen and oxygen atoms in total. The summed E-state index contributed by atoms with van der Waals surface area (Å²) in [4.78, 5) is 47.3. The van der Waals surface area contributed by atoms with Gasteiger partial charge in [-0.1, -0.05) is 0 Å². The summed E-state index contributed by atoms with van der Waals surface area (Å²) < 4.78 is 16.5. The smallest absolute Gasteiger partial charge is 0.274 e. The van der Waals surface area contributed by atoms with E-state index in [1.807, 2.05) is 6.92 Å². The Morgan fingerprint density at radius 2 is 1.83 bits per heavy atom. The van der Waals surface area contributed by atoms with Gasteiger partial charge in [-0.3, -0.25) is 14.4 Å². The second-order valence-corrected chi connectivity index (χ2v) is 9.41. The summed E-state index contributed by atoms with van der Waals surface area (Å²) in [6, 6.07) is 3.53. The lowest BCUT2D eigenvalue weighted by Crippen LogP contribution is -2.34. The van der Waals surface area contributed by atoms with Gasteiger partial charge in [0, 0.05) is 45.9 Å². The third kappa shape index (κ3) is 2.60. The number of aryl methyl sites for hydroxylation is 1. The van der Waals surface area contributed by atoms with Crippen molar-refractivity contribution in [3.05, 3.63) is 52.1 Å². The van der Waals surface area contributed by atoms with Crippen molar-refractivity contribution in [2.75, 3.05) is 27.9 Å². The highest BCUT2D eigenvalue weighted by atomic mass is 16.5. The van der Waals surface area contributed by atoms with Crippen LogP contribution in [0.25, 0.3) is 10.9 Å². The van der Waals surface area contributed by atoms with Gasteiger partial charge in [-0.25, -0.2) is 0 Å². The van der Waals surface area contributed by atoms with Crippen LogP contribution < -0.4 is 14.2 Å². The number of likely N-dealkylation sites (tertiary alicyclic amines) is 1. The van der Waals surface area contributed by atoms with E-state index in [1.54, 1.807) is 23.1 Å². The van der Waals surface area contributed by atoms with E-state index < -0.39 is 5.41 Å². The standard InChI is InChI=1S/C26H25N3O6/c1-11-19(12(2)30)20-22(27-11)16(31)8-18-26(20)9-14(26)10-29(18)25(32)15-6-13-7-17(33-3)23(34-4)24(35-5)21(13)28-15/h6-8,14,27-28H,9-10H2,1-5H3/t14-,26+/m1/s1. The molecule has 3 heterocycles. The Labute approximate surface area is 201 Å². The number of ketones is 2. The molecule has 1 amide bonds. The molecule has 35 heavy (non-hydrogen) atoms. The van der Waals surface area contributed by atoms with Crippen LogP contribution in [0.5, 0.6) is 17.2 Å². The Balaban J connectivity index is 1.44. The summed E-state index contributed by atoms with van der Waals surface area (Å²) in [5.41, 5.74) is 3.69. The zero-order chi connectivity index (χ0) is 24.8. The number of carbonyl (C=O) groups excluding carboxylic acids is 3. The number of hydrogen-bond donors (Lipinski definition) is 2. The fraction of sp³-hybridized carbons (Fsp3) is 0.346. The first-order valence-corrected chi connectivity index (χ1v) is 11.4. The maximum Gasteiger partial charge on any atom is 0.274 e. The minimum atomic E-state index is -0.471. The topological polar surface area (TPSA) is 114 Å². The van der Waals surface area contributed by atoms with E-state index in [-0.39, 0.29) is 23.4 Å². The zero-order valence-electron chi connectivity index (χ0n) is 20.1. The monoisotopic (exact) mass is 475 g/mol. The van der Waals surface area contributed by atoms with Gasteiger partial charge in [-0.15, -0.1) is 0 Å². The molecule has 2 N–H and O–H groups in total. The van der Waals surface area contributed by atoms with E-state index in [1.165, 1.54) is 28.3 Å². The first kappa shape index (κ1) is 21.5. The average molecular weight is 476 g/mol. The molecule has 0 bridgehead atoms. The molecule has 1 aliphatic heterocycles. The fourth-order valence-electron chi connectivity index (χ4n) is 6.15. The van der Waals surface area contributed by atoms with Crippen LogP contribution in [0, 0.1) is 12.8 Å². The molecule has 2 aliphatic carbocycles. The summed E-state index contributed by atoms with van der Waals surface area (Å²) in [5.74, 6) is 0.983. The predicted molar refractivity (Wildman–Crippen MR) is 127 cm³/mol. The number of fused-ring (bicyclic) bond motifs is 2. The van der Waals surface area contributed by atoms with Crippen LogP contribution in [0.1, 0.15) is 55.9 Å². The van der Waals surface area contributed by atoms with Gasteiger partial charge in [0.05, 0.1) is 32.5 Å². The lowest BCUT2D eigenvalue weighted by atomic mass is 9.82. The Kier molecular flexibility index (Phi) is 4.31. The Bertz CT molecular complexity index is 1510. The predicted octanol–water partition coefficient (Wildman–Crippen LogP) is 3.53. The summed E-state index contributed by atoms with van der Waals surface area (Å²) in [6.07, 6.45) is 2.37. The van der Waals surface area contributed by atoms with Crippen LogP contribution in [0.3, 0.4) is 0 Å². The quantitative estimate of drug-likeness (QED) is 0.546. The van der Waals surface area contributed by atoms with Crippen molar-refractivity contribution in [1.82, 2.24) is 14.9 Å². The summed E-state index contributed by atoms with van der Waals surface area (Å²) in [7, 11) is 4.59. The van der Waals surface area contributed by atoms with Crippen LogP contribution in [-0.2, 0) is 5.41 Å². The first-order chi connectivity index (χ1) is 16.8. The summed E-state index contributed by atoms with van der Waals surface area (Å²) in [6.45, 7) is 3.82. The Hall–Kier alpha value is -4.01. The second-order valence-electron chi connectivity index (χ2n) is 9.41. The minimum Gasteiger partial charge on any atom is -0.493 e. The number of Topliss-reactive ketones (excluding diaryl/α,β-unsaturated/α-hetero) is 1. The number of H-pyrrole nitrogens is 2. The molecule has 2 atom stereocenters. The highest BCUT2D eigenvalue weighted by Gasteiger charge is 2.68. The Morgan fingerprint density at radius 1 is 1.09 bits per heavy atom. The zero-order valence-corrected chi connectivity index (χ0v) is 20.1. The van der Waals surface area contributed by atoms with Crippen molar-refractivity contribution in [2.45, 2.75) is 25.7 Å². The number of aromatic nitrogens is 2. The first-order valence-electron chi connectivity index (χ1n) is 11.4. The molecular formula is C26H25N3O6. The van der Waals surface area contributed by atoms with E-state index in [4.69, 9.17) is 14.2 Å². The molecule has 0 unspecified atom stereocenters. The number of allylic oxidation sites excluding steroid dienone is 2. The number of carbonyl (C=O) groups is 3. The molecule has 1 saturated heterocycles. The molecule has 2 fully saturated rings. The molecule has 180 valence electrons. The molecule has 1 aromatic carbocycles. The van der Waals surface area contributed by atoms with Crippen molar-refractivity contribution in [2.24, 2.45) is 5.92 Å². The van der Waals surface area contributed by atoms with Crippen molar-refractivity contribution in [3.63, 3.8) is 0 Å². The van der Waals surface area contributed by atoms with Crippen LogP contribution in [-0.4, -0.2) is 60.2 Å². The number of hydrogen-bond acceptors (Lipinski definition) is 6. The molecule has 1 spiro atoms. The van der Waals surface area contributed by atoms with Crippen LogP contribution in [0.2, 0.25) is 0 Å². The number of methoxy groups -OCH3 is 3. The van der Waals surface area contributed by atoms with E-state index in [0.717, 1.165) is 17.4 Å². The number of benzene rings is 1. The van der Waals surface area contributed by atoms with Gasteiger partial charge in [0.1, 0.15) is 5.69 Å². The van der Waals surface area contributed by atoms with Gasteiger partial charge in [-0.05, 0) is 38.3 Å². The number of amides is 1. The van der Waals surface area contributed by atoms with Gasteiger partial charge >= 0.3 is 0 Å². The molecule has 9 heteroatoms. The summed E-state index contributed by atoms with van der Waals surface area (Å²) >= 11 is 0. The maximum absolute atomic E-state index is 13.7. The molecule has 1 saturated carbocycles. The Morgan fingerprint density at radius 3 is 2.49 bits per heavy atom. The van der Waals surface area contributed by atoms with Crippen molar-refractivity contribution < 1.29 is 28.6 Å². The third-order valence-corrected chi connectivity index (χ3v) is 7.65. The van der Waals surface area contributed by atoms with Gasteiger partial charge in [-0.2, -0.15) is 0 Å². The van der Waals surface area contributed by atoms with Crippen molar-refractivity contribution in [3.8, 4) is 17.2 Å². The number of rotatable bonds is 5. The number of nitrogens with one attached hydrogen (secondary N) is 2. The lowest BCUT2D eigenvalue weighted by molar-refractivity contribution is 0.0806. The molecule has 3 aromatic rings. The number of ether oxygens (including phenoxy) is 3. The maximum atomic E-state index is 13.7. The average Bonchev–Trinajstić information content (AvgIpc) is 3.12. The van der Waals surface area contributed by atoms with Crippen molar-refractivity contribution >= 4 is 28.4 Å². The number of piperidine rings is 1. The van der Waals surface area contributed by atoms with E-state index >= 15 is 0 Å². The van der Waals surface area contributed by atoms with Crippen LogP contribution in [0.15, 0.2) is 23.9 Å². The second kappa shape index (κ2) is 7.00. The molecule has 3 aliphatic rings. The van der Waals surface area contributed by atoms with Crippen molar-refractivity contribution in [1.29, 1.82) is 0 Å². The molecule has 6 rings (SSSR count). The number of aromatic amines is 2. The molecule has 2 aromatic heterocycles. The van der Waals surface area contributed by atoms with Gasteiger partial charge in [0.2, 0.25) is 11.5 Å². The SMILES string of the molecule is COc1cc2cc(C(=O)N3C[C@H]4C[C@@]45C3=CC(=O)c3[nH]c(C)c(C(C)=O)c35)[nH]c2c(OC)c1OC. The molecule has 0 radical (unpaired) electrons. The van der Waals surface area contributed by atoms with E-state index in [9.17, 15) is 14.4 Å². The fourth-order valence-corrected chi connectivity index (χ4v) is 6.15. The number of nitrogens with zero attached hydrogens (tertiary/aromatic N) is 1.